The molecule has 11 nitrogen and oxygen atoms in total. The van der Waals surface area contributed by atoms with Crippen molar-refractivity contribution in [2.45, 2.75) is 363 Å². The second-order valence-electron chi connectivity index (χ2n) is 44.7. The lowest BCUT2D eigenvalue weighted by Crippen LogP contribution is -2.39. The van der Waals surface area contributed by atoms with E-state index in [1.165, 1.54) is 242 Å². The number of hydrogen-bond donors (Lipinski definition) is 0. The van der Waals surface area contributed by atoms with Crippen molar-refractivity contribution in [3.63, 3.8) is 0 Å². The van der Waals surface area contributed by atoms with E-state index in [1.54, 1.807) is 32.1 Å². The summed E-state index contributed by atoms with van der Waals surface area (Å²) in [4.78, 5) is 0. The van der Waals surface area contributed by atoms with Gasteiger partial charge in [-0.3, -0.25) is 0 Å². The Kier molecular flexibility index (Phi) is 26.7. The molecule has 11 heteroatoms. The van der Waals surface area contributed by atoms with Gasteiger partial charge >= 0.3 is 0 Å². The fourth-order valence-corrected chi connectivity index (χ4v) is 42.0. The highest BCUT2D eigenvalue weighted by Gasteiger charge is 2.82. The van der Waals surface area contributed by atoms with E-state index >= 15 is 0 Å². The summed E-state index contributed by atoms with van der Waals surface area (Å²) in [5.41, 5.74) is 0.532. The van der Waals surface area contributed by atoms with Gasteiger partial charge in [0.2, 0.25) is 0 Å². The van der Waals surface area contributed by atoms with Crippen LogP contribution in [0.3, 0.4) is 0 Å². The summed E-state index contributed by atoms with van der Waals surface area (Å²) in [5, 5.41) is 0. The van der Waals surface area contributed by atoms with Gasteiger partial charge in [-0.15, -0.1) is 0 Å². The highest BCUT2D eigenvalue weighted by atomic mass is 16.6. The van der Waals surface area contributed by atoms with Gasteiger partial charge in [0.05, 0.1) is 0 Å². The minimum atomic E-state index is 0.532. The lowest BCUT2D eigenvalue weighted by atomic mass is 9.61. The predicted octanol–water partition coefficient (Wildman–Crippen LogP) is 33.6. The molecular formula is C124H188O11. The predicted molar refractivity (Wildman–Crippen MR) is 540 cm³/mol. The topological polar surface area (TPSA) is 138 Å². The zero-order valence-corrected chi connectivity index (χ0v) is 90.8. The normalized spacial score (nSPS) is 50.7. The highest BCUT2D eigenvalue weighted by Crippen LogP contribution is 2.87. The number of fused-ring (bicyclic) bond motifs is 82. The van der Waals surface area contributed by atoms with E-state index in [2.05, 4.69) is 0 Å². The minimum absolute atomic E-state index is 0.532. The first-order chi connectivity index (χ1) is 66.9. The van der Waals surface area contributed by atoms with Gasteiger partial charge in [0, 0.05) is 124 Å². The molecule has 750 valence electrons. The van der Waals surface area contributed by atoms with Crippen LogP contribution in [0.4, 0.5) is 0 Å². The molecule has 28 bridgehead atoms. The van der Waals surface area contributed by atoms with Crippen LogP contribution in [-0.2, 0) is 52.1 Å². The molecule has 46 unspecified atom stereocenters. The third-order valence-electron chi connectivity index (χ3n) is 43.7. The third kappa shape index (κ3) is 13.2. The van der Waals surface area contributed by atoms with Crippen molar-refractivity contribution in [3.8, 4) is 0 Å². The number of allylic oxidation sites excluding steroid dienone is 21. The van der Waals surface area contributed by atoms with Crippen molar-refractivity contribution in [1.82, 2.24) is 0 Å². The molecule has 11 heterocycles. The smallest absolute Gasteiger partial charge is 0.149 e. The summed E-state index contributed by atoms with van der Waals surface area (Å²) < 4.78 is 62.8. The van der Waals surface area contributed by atoms with Crippen molar-refractivity contribution in [1.29, 1.82) is 0 Å². The molecule has 41 rings (SSSR count). The van der Waals surface area contributed by atoms with Crippen molar-refractivity contribution >= 4 is 0 Å². The molecule has 46 atom stereocenters. The molecular weight excluding hydrogens is 1670 g/mol. The van der Waals surface area contributed by atoms with Gasteiger partial charge in [-0.2, -0.15) is 0 Å². The lowest BCUT2D eigenvalue weighted by Gasteiger charge is -2.43. The van der Waals surface area contributed by atoms with Crippen LogP contribution in [0.5, 0.6) is 0 Å². The fraction of sp³-hybridized carbons (Fsp3) is 0.823. The van der Waals surface area contributed by atoms with E-state index in [0.717, 1.165) is 266 Å². The van der Waals surface area contributed by atoms with E-state index in [4.69, 9.17) is 52.1 Å². The average Bonchev–Trinajstić information content (AvgIpc) is 1.47. The van der Waals surface area contributed by atoms with E-state index < -0.39 is 0 Å². The van der Waals surface area contributed by atoms with Gasteiger partial charge in [-0.25, -0.2) is 0 Å². The molecule has 30 aliphatic carbocycles. The van der Waals surface area contributed by atoms with Crippen molar-refractivity contribution < 1.29 is 52.1 Å². The van der Waals surface area contributed by atoms with Crippen LogP contribution >= 0.6 is 0 Å². The fourth-order valence-electron chi connectivity index (χ4n) is 42.0. The molecule has 0 radical (unpaired) electrons. The maximum absolute atomic E-state index is 5.83. The molecule has 0 aromatic heterocycles. The summed E-state index contributed by atoms with van der Waals surface area (Å²) in [7, 11) is 0. The van der Waals surface area contributed by atoms with Gasteiger partial charge in [-0.05, 0) is 301 Å². The standard InChI is InChI=1S/C17H16O2.C17H20O.2C15H14O2.2C14H14O2.16C2H6/c1-4-10-6-2-7(15-14(6)18-15)11(10)5(1)13-9-3-8(12(4)13)16-17(9)19-16;1-2-7-3-6(1)12-8-4-9(13(7)12)15-11-5-10(14(8)15)16-17(11)18-16;1-5-3-15(14-11(5)17-14)4-8-6-2-7(10(8)9(1)15)13-12(6)16-13;1-4-5-3-9-15(16-9)12(5)6(1)11-8-2-7(10(4)11)13-14(8)17-13;1-5-3-9(13-11(5)15-13)7(1)8-2-6-4-10(8)14-12(6)16-14;1-5-2-7(6(1)10-4-15-10)12-9-3-8(11(5)12)13-14(9)16-13;16*1-2/h4-13H,1-3H2;6-15H,1-5H2;5-10H,1-4H2;4-8,10-12H,1-3H2;5-10H,1-4H2;4-9,11-12H,1-3H2;16*1-2H3. The number of hydrogen-bond acceptors (Lipinski definition) is 11. The van der Waals surface area contributed by atoms with E-state index in [9.17, 15) is 0 Å². The quantitative estimate of drug-likeness (QED) is 0.244. The van der Waals surface area contributed by atoms with Crippen molar-refractivity contribution in [2.24, 2.45) is 284 Å². The molecule has 20 saturated carbocycles. The van der Waals surface area contributed by atoms with Crippen LogP contribution in [0.2, 0.25) is 0 Å². The molecule has 41 aliphatic rings. The van der Waals surface area contributed by atoms with E-state index in [-0.39, 0.29) is 0 Å². The summed E-state index contributed by atoms with van der Waals surface area (Å²) in [5.74, 6) is 74.7. The lowest BCUT2D eigenvalue weighted by molar-refractivity contribution is 0.0505. The summed E-state index contributed by atoms with van der Waals surface area (Å²) in [6.07, 6.45) is 34.4. The molecule has 0 aromatic carbocycles. The first-order valence-electron chi connectivity index (χ1n) is 60.5. The van der Waals surface area contributed by atoms with Crippen LogP contribution in [0.15, 0.2) is 127 Å². The van der Waals surface area contributed by atoms with Crippen LogP contribution in [-0.4, -0.2) is 0 Å². The Balaban J connectivity index is 0.0000000948. The monoisotopic (exact) mass is 1850 g/mol. The molecule has 0 saturated heterocycles. The Hall–Kier alpha value is -5.06. The molecule has 1 spiro atoms. The molecule has 11 aliphatic heterocycles. The first-order valence-corrected chi connectivity index (χ1v) is 60.5. The van der Waals surface area contributed by atoms with E-state index in [1.807, 2.05) is 228 Å². The molecule has 0 N–H and O–H groups in total. The van der Waals surface area contributed by atoms with Crippen LogP contribution in [0.25, 0.3) is 0 Å². The maximum Gasteiger partial charge on any atom is 0.149 e. The average molecular weight is 1850 g/mol. The maximum atomic E-state index is 5.83. The van der Waals surface area contributed by atoms with Crippen LogP contribution < -0.4 is 0 Å². The SMILES string of the molecule is C1=C(C2CC3CC2C2C4CC(C5=C4O5)C32)O1.C1C2C3=C(O3)C1C1C2CC23CC(CC12)C1=C3O1.C1C2C3=C(O3)C1C1C3CC(C21)C1C2CC(C4=C2O4)C31.C1C2C3=C(O3)C1C1C3CC(C4CC5=C(O5)C43)C21.C1C2CC(C3CC4CC3C3=C4O3)C1C1=C2O1.C1CC2CC1C1C3CC(C21)C1C2CC(C4=C2O4)C31.CC.CC.CC.CC.CC.CC.CC.CC.CC.CC.CC.CC.CC.CC.CC.CC. The molecule has 0 amide bonds. The number of ether oxygens (including phenoxy) is 11. The zero-order chi connectivity index (χ0) is 95.8. The molecule has 135 heavy (non-hydrogen) atoms. The van der Waals surface area contributed by atoms with Gasteiger partial charge in [0.15, 0.2) is 0 Å². The largest absolute Gasteiger partial charge is 0.462 e. The number of rotatable bonds is 2. The molecule has 0 aromatic rings. The van der Waals surface area contributed by atoms with Crippen molar-refractivity contribution in [3.05, 3.63) is 127 Å². The summed E-state index contributed by atoms with van der Waals surface area (Å²) in [6, 6.07) is 0. The van der Waals surface area contributed by atoms with Crippen LogP contribution in [0.1, 0.15) is 363 Å². The third-order valence-corrected chi connectivity index (χ3v) is 43.7. The highest BCUT2D eigenvalue weighted by molar-refractivity contribution is 5.49. The summed E-state index contributed by atoms with van der Waals surface area (Å²) >= 11 is 0. The second-order valence-corrected chi connectivity index (χ2v) is 44.7. The summed E-state index contributed by atoms with van der Waals surface area (Å²) in [6.45, 7) is 64.0. The minimum Gasteiger partial charge on any atom is -0.462 e. The Bertz CT molecular complexity index is 4680. The Morgan fingerprint density at radius 1 is 0.200 bits per heavy atom. The Morgan fingerprint density at radius 3 is 0.911 bits per heavy atom. The molecule has 20 fully saturated rings. The van der Waals surface area contributed by atoms with Crippen LogP contribution in [0, 0.1) is 284 Å². The van der Waals surface area contributed by atoms with Gasteiger partial charge in [-0.1, -0.05) is 222 Å². The van der Waals surface area contributed by atoms with Crippen molar-refractivity contribution in [2.75, 3.05) is 0 Å². The van der Waals surface area contributed by atoms with Gasteiger partial charge in [0.25, 0.3) is 0 Å². The van der Waals surface area contributed by atoms with Gasteiger partial charge < -0.3 is 52.1 Å². The second kappa shape index (κ2) is 37.0. The first kappa shape index (κ1) is 97.4. The van der Waals surface area contributed by atoms with Gasteiger partial charge in [0.1, 0.15) is 127 Å². The zero-order valence-electron chi connectivity index (χ0n) is 90.8. The Labute approximate surface area is 820 Å². The van der Waals surface area contributed by atoms with E-state index in [0.29, 0.717) is 5.41 Å². The Morgan fingerprint density at radius 2 is 0.526 bits per heavy atom.